The Balaban J connectivity index is 2.36. The standard InChI is InChI=1S/C14H18N2O3/c1-3-15(2)14(19)16-9-11(13(17)18)8-10-6-4-5-7-12(10)16/h4-7,11H,3,8-9H2,1-2H3,(H,17,18). The summed E-state index contributed by atoms with van der Waals surface area (Å²) in [6, 6.07) is 7.34. The Bertz CT molecular complexity index is 501. The molecule has 0 aromatic heterocycles. The van der Waals surface area contributed by atoms with E-state index < -0.39 is 11.9 Å². The average Bonchev–Trinajstić information content (AvgIpc) is 2.44. The van der Waals surface area contributed by atoms with Crippen molar-refractivity contribution in [3.8, 4) is 0 Å². The molecule has 0 saturated carbocycles. The van der Waals surface area contributed by atoms with Crippen molar-refractivity contribution in [1.82, 2.24) is 4.90 Å². The molecule has 2 rings (SSSR count). The summed E-state index contributed by atoms with van der Waals surface area (Å²) in [7, 11) is 1.72. The molecule has 1 atom stereocenters. The minimum atomic E-state index is -0.855. The van der Waals surface area contributed by atoms with Gasteiger partial charge in [0, 0.05) is 25.8 Å². The van der Waals surface area contributed by atoms with Crippen LogP contribution in [-0.4, -0.2) is 42.1 Å². The van der Waals surface area contributed by atoms with Gasteiger partial charge in [-0.3, -0.25) is 9.69 Å². The van der Waals surface area contributed by atoms with Crippen LogP contribution in [0.2, 0.25) is 0 Å². The number of rotatable bonds is 2. The van der Waals surface area contributed by atoms with Crippen molar-refractivity contribution in [2.45, 2.75) is 13.3 Å². The van der Waals surface area contributed by atoms with E-state index in [9.17, 15) is 14.7 Å². The molecule has 0 fully saturated rings. The van der Waals surface area contributed by atoms with Gasteiger partial charge in [0.05, 0.1) is 5.92 Å². The van der Waals surface area contributed by atoms with Crippen LogP contribution in [0.5, 0.6) is 0 Å². The van der Waals surface area contributed by atoms with Crippen molar-refractivity contribution in [2.75, 3.05) is 25.0 Å². The molecular formula is C14H18N2O3. The van der Waals surface area contributed by atoms with Gasteiger partial charge < -0.3 is 10.0 Å². The highest BCUT2D eigenvalue weighted by Crippen LogP contribution is 2.30. The molecule has 5 heteroatoms. The van der Waals surface area contributed by atoms with E-state index in [0.717, 1.165) is 11.3 Å². The summed E-state index contributed by atoms with van der Waals surface area (Å²) in [5, 5.41) is 9.21. The first-order chi connectivity index (χ1) is 9.04. The van der Waals surface area contributed by atoms with Crippen molar-refractivity contribution in [2.24, 2.45) is 5.92 Å². The predicted molar refractivity (Wildman–Crippen MR) is 72.3 cm³/mol. The van der Waals surface area contributed by atoms with Crippen LogP contribution in [0.3, 0.4) is 0 Å². The Morgan fingerprint density at radius 3 is 2.74 bits per heavy atom. The fourth-order valence-corrected chi connectivity index (χ4v) is 2.28. The molecule has 0 spiro atoms. The molecule has 19 heavy (non-hydrogen) atoms. The van der Waals surface area contributed by atoms with E-state index >= 15 is 0 Å². The molecule has 102 valence electrons. The number of benzene rings is 1. The molecule has 0 aliphatic carbocycles. The fourth-order valence-electron chi connectivity index (χ4n) is 2.28. The number of carboxylic acid groups (broad SMARTS) is 1. The highest BCUT2D eigenvalue weighted by atomic mass is 16.4. The van der Waals surface area contributed by atoms with E-state index in [1.54, 1.807) is 16.8 Å². The van der Waals surface area contributed by atoms with Crippen LogP contribution in [0, 0.1) is 5.92 Å². The second kappa shape index (κ2) is 5.30. The minimum Gasteiger partial charge on any atom is -0.481 e. The Hall–Kier alpha value is -2.04. The van der Waals surface area contributed by atoms with Crippen LogP contribution in [0.4, 0.5) is 10.5 Å². The molecular weight excluding hydrogens is 244 g/mol. The number of hydrogen-bond donors (Lipinski definition) is 1. The largest absolute Gasteiger partial charge is 0.481 e. The molecule has 0 bridgehead atoms. The van der Waals surface area contributed by atoms with Gasteiger partial charge in [-0.2, -0.15) is 0 Å². The summed E-state index contributed by atoms with van der Waals surface area (Å²) in [5.41, 5.74) is 1.74. The average molecular weight is 262 g/mol. The lowest BCUT2D eigenvalue weighted by Crippen LogP contribution is -2.47. The first kappa shape index (κ1) is 13.4. The first-order valence-electron chi connectivity index (χ1n) is 6.38. The third-order valence-corrected chi connectivity index (χ3v) is 3.53. The highest BCUT2D eigenvalue weighted by molar-refractivity contribution is 5.94. The molecule has 1 aromatic carbocycles. The SMILES string of the molecule is CCN(C)C(=O)N1CC(C(=O)O)Cc2ccccc21. The van der Waals surface area contributed by atoms with Crippen molar-refractivity contribution in [3.05, 3.63) is 29.8 Å². The molecule has 2 amide bonds. The number of amides is 2. The van der Waals surface area contributed by atoms with Gasteiger partial charge >= 0.3 is 12.0 Å². The molecule has 1 aliphatic rings. The maximum atomic E-state index is 12.3. The Kier molecular flexibility index (Phi) is 3.74. The Morgan fingerprint density at radius 2 is 2.11 bits per heavy atom. The molecule has 1 N–H and O–H groups in total. The van der Waals surface area contributed by atoms with Gasteiger partial charge in [0.15, 0.2) is 0 Å². The van der Waals surface area contributed by atoms with Crippen molar-refractivity contribution in [1.29, 1.82) is 0 Å². The number of carbonyl (C=O) groups excluding carboxylic acids is 1. The zero-order valence-electron chi connectivity index (χ0n) is 11.2. The van der Waals surface area contributed by atoms with E-state index in [-0.39, 0.29) is 12.6 Å². The van der Waals surface area contributed by atoms with Crippen LogP contribution >= 0.6 is 0 Å². The summed E-state index contributed by atoms with van der Waals surface area (Å²) >= 11 is 0. The second-order valence-corrected chi connectivity index (χ2v) is 4.78. The Labute approximate surface area is 112 Å². The zero-order chi connectivity index (χ0) is 14.0. The van der Waals surface area contributed by atoms with Crippen molar-refractivity contribution >= 4 is 17.7 Å². The zero-order valence-corrected chi connectivity index (χ0v) is 11.2. The van der Waals surface area contributed by atoms with Gasteiger partial charge in [0.1, 0.15) is 0 Å². The van der Waals surface area contributed by atoms with Crippen LogP contribution in [0.15, 0.2) is 24.3 Å². The summed E-state index contributed by atoms with van der Waals surface area (Å²) in [6.45, 7) is 2.72. The van der Waals surface area contributed by atoms with Crippen molar-refractivity contribution < 1.29 is 14.7 Å². The van der Waals surface area contributed by atoms with Crippen molar-refractivity contribution in [3.63, 3.8) is 0 Å². The number of carboxylic acids is 1. The van der Waals surface area contributed by atoms with Gasteiger partial charge in [-0.1, -0.05) is 18.2 Å². The monoisotopic (exact) mass is 262 g/mol. The quantitative estimate of drug-likeness (QED) is 0.884. The lowest BCUT2D eigenvalue weighted by atomic mass is 9.93. The smallest absolute Gasteiger partial charge is 0.324 e. The lowest BCUT2D eigenvalue weighted by molar-refractivity contribution is -0.141. The van der Waals surface area contributed by atoms with E-state index in [2.05, 4.69) is 0 Å². The van der Waals surface area contributed by atoms with Crippen LogP contribution in [0.1, 0.15) is 12.5 Å². The second-order valence-electron chi connectivity index (χ2n) is 4.78. The highest BCUT2D eigenvalue weighted by Gasteiger charge is 2.32. The Morgan fingerprint density at radius 1 is 1.42 bits per heavy atom. The summed E-state index contributed by atoms with van der Waals surface area (Å²) < 4.78 is 0. The number of anilines is 1. The summed E-state index contributed by atoms with van der Waals surface area (Å²) in [4.78, 5) is 26.7. The van der Waals surface area contributed by atoms with Gasteiger partial charge in [-0.15, -0.1) is 0 Å². The molecule has 5 nitrogen and oxygen atoms in total. The summed E-state index contributed by atoms with van der Waals surface area (Å²) in [6.07, 6.45) is 0.477. The lowest BCUT2D eigenvalue weighted by Gasteiger charge is -2.35. The number of hydrogen-bond acceptors (Lipinski definition) is 2. The molecule has 1 heterocycles. The van der Waals surface area contributed by atoms with Crippen LogP contribution < -0.4 is 4.90 Å². The normalized spacial score (nSPS) is 17.8. The van der Waals surface area contributed by atoms with Gasteiger partial charge in [0.2, 0.25) is 0 Å². The first-order valence-corrected chi connectivity index (χ1v) is 6.38. The van der Waals surface area contributed by atoms with E-state index in [1.165, 1.54) is 0 Å². The number of carbonyl (C=O) groups is 2. The van der Waals surface area contributed by atoms with Gasteiger partial charge in [-0.05, 0) is 25.0 Å². The molecule has 1 aliphatic heterocycles. The third kappa shape index (κ3) is 2.54. The summed E-state index contributed by atoms with van der Waals surface area (Å²) in [5.74, 6) is -1.39. The maximum absolute atomic E-state index is 12.3. The molecule has 1 aromatic rings. The molecule has 0 radical (unpaired) electrons. The van der Waals surface area contributed by atoms with E-state index in [4.69, 9.17) is 0 Å². The number of aliphatic carboxylic acids is 1. The fraction of sp³-hybridized carbons (Fsp3) is 0.429. The van der Waals surface area contributed by atoms with Crippen LogP contribution in [-0.2, 0) is 11.2 Å². The number of nitrogens with zero attached hydrogens (tertiary/aromatic N) is 2. The van der Waals surface area contributed by atoms with E-state index in [1.807, 2.05) is 31.2 Å². The third-order valence-electron chi connectivity index (χ3n) is 3.53. The number of fused-ring (bicyclic) bond motifs is 1. The van der Waals surface area contributed by atoms with Crippen LogP contribution in [0.25, 0.3) is 0 Å². The van der Waals surface area contributed by atoms with Gasteiger partial charge in [0.25, 0.3) is 0 Å². The predicted octanol–water partition coefficient (Wildman–Crippen LogP) is 1.82. The van der Waals surface area contributed by atoms with E-state index in [0.29, 0.717) is 13.0 Å². The minimum absolute atomic E-state index is 0.152. The van der Waals surface area contributed by atoms with Gasteiger partial charge in [-0.25, -0.2) is 4.79 Å². The molecule has 0 saturated heterocycles. The maximum Gasteiger partial charge on any atom is 0.324 e. The molecule has 1 unspecified atom stereocenters. The topological polar surface area (TPSA) is 60.9 Å². The number of para-hydroxylation sites is 1. The number of urea groups is 1.